The third kappa shape index (κ3) is 4.34. The molecule has 3 rings (SSSR count). The molecule has 2 fully saturated rings. The van der Waals surface area contributed by atoms with Crippen molar-refractivity contribution in [3.05, 3.63) is 22.4 Å². The Morgan fingerprint density at radius 3 is 2.65 bits per heavy atom. The minimum absolute atomic E-state index is 0.0190. The second-order valence-electron chi connectivity index (χ2n) is 6.18. The number of carbonyl (C=O) groups excluding carboxylic acids is 2. The standard InChI is InChI=1S/C17H23N3O2S/c21-15-10-13(17-2-1-9-23-17)11-16(22)14(15)12-19-5-8-20-6-3-18-4-7-20/h1-2,9,12-14,18H,3-8,10-11H2. The molecule has 0 amide bonds. The molecule has 0 atom stereocenters. The van der Waals surface area contributed by atoms with Gasteiger partial charge in [0.25, 0.3) is 0 Å². The molecule has 0 unspecified atom stereocenters. The largest absolute Gasteiger partial charge is 0.314 e. The maximum atomic E-state index is 12.3. The maximum absolute atomic E-state index is 12.3. The lowest BCUT2D eigenvalue weighted by Gasteiger charge is -2.26. The van der Waals surface area contributed by atoms with Crippen molar-refractivity contribution in [2.45, 2.75) is 18.8 Å². The van der Waals surface area contributed by atoms with Crippen LogP contribution in [0.25, 0.3) is 0 Å². The number of aliphatic imine (C=N–C) groups is 1. The first-order chi connectivity index (χ1) is 11.2. The van der Waals surface area contributed by atoms with Gasteiger partial charge in [0.2, 0.25) is 0 Å². The first-order valence-corrected chi connectivity index (χ1v) is 9.14. The molecule has 23 heavy (non-hydrogen) atoms. The molecule has 1 saturated carbocycles. The lowest BCUT2D eigenvalue weighted by Crippen LogP contribution is -2.44. The molecule has 0 bridgehead atoms. The normalized spacial score (nSPS) is 27.0. The summed E-state index contributed by atoms with van der Waals surface area (Å²) in [4.78, 5) is 32.4. The predicted molar refractivity (Wildman–Crippen MR) is 92.5 cm³/mol. The van der Waals surface area contributed by atoms with E-state index < -0.39 is 5.92 Å². The van der Waals surface area contributed by atoms with Crippen LogP contribution in [0.3, 0.4) is 0 Å². The zero-order valence-electron chi connectivity index (χ0n) is 13.2. The number of Topliss-reactive ketones (excluding diaryl/α,β-unsaturated/α-hetero) is 2. The second kappa shape index (κ2) is 7.95. The molecular formula is C17H23N3O2S. The van der Waals surface area contributed by atoms with Gasteiger partial charge in [0.1, 0.15) is 17.5 Å². The summed E-state index contributed by atoms with van der Waals surface area (Å²) in [6.45, 7) is 5.68. The van der Waals surface area contributed by atoms with E-state index in [-0.39, 0.29) is 17.5 Å². The molecule has 6 heteroatoms. The highest BCUT2D eigenvalue weighted by Crippen LogP contribution is 2.33. The van der Waals surface area contributed by atoms with Gasteiger partial charge < -0.3 is 5.32 Å². The number of hydrogen-bond acceptors (Lipinski definition) is 6. The van der Waals surface area contributed by atoms with E-state index in [1.807, 2.05) is 17.5 Å². The van der Waals surface area contributed by atoms with Gasteiger partial charge in [-0.3, -0.25) is 19.5 Å². The van der Waals surface area contributed by atoms with E-state index in [0.29, 0.717) is 19.4 Å². The molecule has 2 aliphatic rings. The number of piperazine rings is 1. The summed E-state index contributed by atoms with van der Waals surface area (Å²) >= 11 is 1.62. The smallest absolute Gasteiger partial charge is 0.149 e. The van der Waals surface area contributed by atoms with Gasteiger partial charge in [-0.2, -0.15) is 0 Å². The summed E-state index contributed by atoms with van der Waals surface area (Å²) in [6.07, 6.45) is 2.51. The molecule has 1 N–H and O–H groups in total. The third-order valence-electron chi connectivity index (χ3n) is 4.54. The molecule has 1 aromatic heterocycles. The molecule has 5 nitrogen and oxygen atoms in total. The zero-order valence-corrected chi connectivity index (χ0v) is 14.1. The maximum Gasteiger partial charge on any atom is 0.149 e. The van der Waals surface area contributed by atoms with Crippen LogP contribution in [0.4, 0.5) is 0 Å². The topological polar surface area (TPSA) is 61.8 Å². The third-order valence-corrected chi connectivity index (χ3v) is 5.58. The van der Waals surface area contributed by atoms with Gasteiger partial charge in [0.15, 0.2) is 0 Å². The quantitative estimate of drug-likeness (QED) is 0.653. The van der Waals surface area contributed by atoms with E-state index in [9.17, 15) is 9.59 Å². The fourth-order valence-corrected chi connectivity index (χ4v) is 4.03. The van der Waals surface area contributed by atoms with Crippen molar-refractivity contribution >= 4 is 29.1 Å². The molecule has 1 aliphatic carbocycles. The Kier molecular flexibility index (Phi) is 5.70. The number of nitrogens with one attached hydrogen (secondary N) is 1. The van der Waals surface area contributed by atoms with Crippen molar-refractivity contribution < 1.29 is 9.59 Å². The highest BCUT2D eigenvalue weighted by molar-refractivity contribution is 7.10. The highest BCUT2D eigenvalue weighted by Gasteiger charge is 2.35. The average molecular weight is 333 g/mol. The Bertz CT molecular complexity index is 546. The van der Waals surface area contributed by atoms with Crippen LogP contribution in [-0.4, -0.2) is 61.9 Å². The van der Waals surface area contributed by atoms with Crippen molar-refractivity contribution in [2.75, 3.05) is 39.3 Å². The van der Waals surface area contributed by atoms with E-state index in [1.54, 1.807) is 17.6 Å². The number of thiophene rings is 1. The van der Waals surface area contributed by atoms with Crippen molar-refractivity contribution in [3.63, 3.8) is 0 Å². The minimum atomic E-state index is -0.616. The molecular weight excluding hydrogens is 310 g/mol. The molecule has 0 aromatic carbocycles. The predicted octanol–water partition coefficient (Wildman–Crippen LogP) is 1.36. The lowest BCUT2D eigenvalue weighted by molar-refractivity contribution is -0.132. The minimum Gasteiger partial charge on any atom is -0.314 e. The van der Waals surface area contributed by atoms with E-state index in [1.165, 1.54) is 0 Å². The average Bonchev–Trinajstić information content (AvgIpc) is 3.09. The molecule has 1 aromatic rings. The summed E-state index contributed by atoms with van der Waals surface area (Å²) in [6, 6.07) is 3.98. The molecule has 1 saturated heterocycles. The van der Waals surface area contributed by atoms with Crippen LogP contribution >= 0.6 is 11.3 Å². The Labute approximate surface area is 140 Å². The SMILES string of the molecule is O=C1CC(c2cccs2)CC(=O)C1C=NCCN1CCNCC1. The number of nitrogens with zero attached hydrogens (tertiary/aromatic N) is 2. The Balaban J connectivity index is 1.49. The van der Waals surface area contributed by atoms with Crippen LogP contribution < -0.4 is 5.32 Å². The van der Waals surface area contributed by atoms with Crippen LogP contribution in [0.15, 0.2) is 22.5 Å². The van der Waals surface area contributed by atoms with Gasteiger partial charge in [0, 0.05) is 62.6 Å². The van der Waals surface area contributed by atoms with Crippen molar-refractivity contribution in [1.29, 1.82) is 0 Å². The van der Waals surface area contributed by atoms with E-state index in [4.69, 9.17) is 0 Å². The summed E-state index contributed by atoms with van der Waals surface area (Å²) < 4.78 is 0. The van der Waals surface area contributed by atoms with E-state index in [2.05, 4.69) is 15.2 Å². The fourth-order valence-electron chi connectivity index (χ4n) is 3.20. The van der Waals surface area contributed by atoms with Crippen molar-refractivity contribution in [3.8, 4) is 0 Å². The van der Waals surface area contributed by atoms with Gasteiger partial charge in [-0.25, -0.2) is 0 Å². The van der Waals surface area contributed by atoms with Gasteiger partial charge in [-0.15, -0.1) is 11.3 Å². The number of hydrogen-bond donors (Lipinski definition) is 1. The zero-order chi connectivity index (χ0) is 16.1. The first-order valence-electron chi connectivity index (χ1n) is 8.26. The molecule has 0 spiro atoms. The Hall–Kier alpha value is -1.37. The van der Waals surface area contributed by atoms with Crippen LogP contribution in [0, 0.1) is 5.92 Å². The highest BCUT2D eigenvalue weighted by atomic mass is 32.1. The summed E-state index contributed by atoms with van der Waals surface area (Å²) in [7, 11) is 0. The van der Waals surface area contributed by atoms with Gasteiger partial charge in [0.05, 0.1) is 6.54 Å². The van der Waals surface area contributed by atoms with Gasteiger partial charge in [-0.1, -0.05) is 6.07 Å². The number of ketones is 2. The van der Waals surface area contributed by atoms with Crippen LogP contribution in [0.5, 0.6) is 0 Å². The molecule has 1 aliphatic heterocycles. The Morgan fingerprint density at radius 2 is 2.00 bits per heavy atom. The van der Waals surface area contributed by atoms with Gasteiger partial charge in [-0.05, 0) is 11.4 Å². The summed E-state index contributed by atoms with van der Waals surface area (Å²) in [5, 5.41) is 5.31. The lowest BCUT2D eigenvalue weighted by atomic mass is 9.80. The fraction of sp³-hybridized carbons (Fsp3) is 0.588. The summed E-state index contributed by atoms with van der Waals surface area (Å²) in [5.41, 5.74) is 0. The van der Waals surface area contributed by atoms with E-state index in [0.717, 1.165) is 37.6 Å². The Morgan fingerprint density at radius 1 is 1.26 bits per heavy atom. The molecule has 2 heterocycles. The second-order valence-corrected chi connectivity index (χ2v) is 7.16. The monoisotopic (exact) mass is 333 g/mol. The number of carbonyl (C=O) groups is 2. The first kappa shape index (κ1) is 16.5. The van der Waals surface area contributed by atoms with Crippen LogP contribution in [-0.2, 0) is 9.59 Å². The van der Waals surface area contributed by atoms with Crippen LogP contribution in [0.1, 0.15) is 23.6 Å². The number of rotatable bonds is 5. The van der Waals surface area contributed by atoms with Gasteiger partial charge >= 0.3 is 0 Å². The molecule has 124 valence electrons. The molecule has 0 radical (unpaired) electrons. The van der Waals surface area contributed by atoms with Crippen LogP contribution in [0.2, 0.25) is 0 Å². The van der Waals surface area contributed by atoms with Crippen molar-refractivity contribution in [2.24, 2.45) is 10.9 Å². The summed E-state index contributed by atoms with van der Waals surface area (Å²) in [5.74, 6) is -0.508. The van der Waals surface area contributed by atoms with E-state index >= 15 is 0 Å². The van der Waals surface area contributed by atoms with Crippen molar-refractivity contribution in [1.82, 2.24) is 10.2 Å².